The first-order chi connectivity index (χ1) is 16.9. The summed E-state index contributed by atoms with van der Waals surface area (Å²) in [5.74, 6) is -1.01. The molecule has 10 nitrogen and oxygen atoms in total. The number of methoxy groups -OCH3 is 3. The second-order valence-electron chi connectivity index (χ2n) is 7.67. The average molecular weight is 477 g/mol. The molecular weight excluding hydrogens is 454 g/mol. The van der Waals surface area contributed by atoms with Crippen molar-refractivity contribution < 1.29 is 28.7 Å². The lowest BCUT2D eigenvalue weighted by Crippen LogP contribution is -2.28. The van der Waals surface area contributed by atoms with Gasteiger partial charge in [0.2, 0.25) is 11.5 Å². The van der Waals surface area contributed by atoms with Gasteiger partial charge in [0.15, 0.2) is 5.75 Å². The van der Waals surface area contributed by atoms with Crippen LogP contribution in [0.3, 0.4) is 0 Å². The van der Waals surface area contributed by atoms with E-state index < -0.39 is 16.5 Å². The van der Waals surface area contributed by atoms with Gasteiger partial charge in [0.05, 0.1) is 26.3 Å². The van der Waals surface area contributed by atoms with Gasteiger partial charge in [-0.05, 0) is 42.3 Å². The van der Waals surface area contributed by atoms with E-state index in [9.17, 15) is 19.7 Å². The Hall–Kier alpha value is -4.60. The van der Waals surface area contributed by atoms with Gasteiger partial charge in [-0.15, -0.1) is 0 Å². The molecule has 0 unspecified atom stereocenters. The fraction of sp³-hybridized carbons (Fsp3) is 0.200. The van der Waals surface area contributed by atoms with Crippen molar-refractivity contribution in [2.75, 3.05) is 38.1 Å². The fourth-order valence-electron chi connectivity index (χ4n) is 4.09. The largest absolute Gasteiger partial charge is 0.493 e. The highest BCUT2D eigenvalue weighted by Crippen LogP contribution is 2.46. The average Bonchev–Trinajstić information content (AvgIpc) is 3.31. The summed E-state index contributed by atoms with van der Waals surface area (Å²) in [7, 11) is 3.90. The van der Waals surface area contributed by atoms with Crippen molar-refractivity contribution in [1.29, 1.82) is 0 Å². The van der Waals surface area contributed by atoms with Crippen LogP contribution in [0.4, 0.5) is 17.1 Å². The van der Waals surface area contributed by atoms with E-state index in [1.165, 1.54) is 27.4 Å². The first kappa shape index (κ1) is 23.6. The molecule has 1 aliphatic rings. The number of hydrogen-bond donors (Lipinski definition) is 1. The molecular formula is C25H23N3O7. The third kappa shape index (κ3) is 4.33. The summed E-state index contributed by atoms with van der Waals surface area (Å²) in [6.45, 7) is 0.599. The lowest BCUT2D eigenvalue weighted by atomic mass is 10.1. The number of carbonyl (C=O) groups excluding carboxylic acids is 2. The van der Waals surface area contributed by atoms with Crippen molar-refractivity contribution in [3.8, 4) is 17.2 Å². The van der Waals surface area contributed by atoms with Crippen molar-refractivity contribution in [3.63, 3.8) is 0 Å². The molecule has 0 saturated carbocycles. The number of carbonyl (C=O) groups is 2. The molecule has 0 aliphatic carbocycles. The Morgan fingerprint density at radius 3 is 2.29 bits per heavy atom. The van der Waals surface area contributed by atoms with Gasteiger partial charge in [0, 0.05) is 29.5 Å². The normalized spacial score (nSPS) is 12.0. The second-order valence-corrected chi connectivity index (χ2v) is 7.67. The van der Waals surface area contributed by atoms with Crippen LogP contribution in [0.1, 0.15) is 26.3 Å². The molecule has 180 valence electrons. The van der Waals surface area contributed by atoms with E-state index in [2.05, 4.69) is 5.32 Å². The van der Waals surface area contributed by atoms with Gasteiger partial charge >= 0.3 is 5.69 Å². The van der Waals surface area contributed by atoms with Crippen molar-refractivity contribution >= 4 is 28.9 Å². The monoisotopic (exact) mass is 477 g/mol. The van der Waals surface area contributed by atoms with Crippen LogP contribution in [-0.2, 0) is 6.42 Å². The zero-order chi connectivity index (χ0) is 25.1. The standard InChI is InChI=1S/C25H23N3O7/c1-33-20-14-18(21(28(31)32)23(35-3)22(20)34-2)24(29)26-17-10-8-16(9-11-17)25(30)27-13-12-15-6-4-5-7-19(15)27/h4-11,14H,12-13H2,1-3H3,(H,26,29). The second kappa shape index (κ2) is 9.72. The maximum absolute atomic E-state index is 13.0. The number of benzene rings is 3. The number of nitrogens with one attached hydrogen (secondary N) is 1. The molecule has 0 saturated heterocycles. The van der Waals surface area contributed by atoms with Crippen LogP contribution in [0.2, 0.25) is 0 Å². The van der Waals surface area contributed by atoms with E-state index in [1.54, 1.807) is 29.2 Å². The van der Waals surface area contributed by atoms with E-state index in [4.69, 9.17) is 14.2 Å². The van der Waals surface area contributed by atoms with Crippen LogP contribution in [-0.4, -0.2) is 44.6 Å². The minimum atomic E-state index is -0.747. The molecule has 3 aromatic carbocycles. The third-order valence-corrected chi connectivity index (χ3v) is 5.75. The van der Waals surface area contributed by atoms with Crippen LogP contribution in [0.15, 0.2) is 54.6 Å². The molecule has 1 aliphatic heterocycles. The predicted molar refractivity (Wildman–Crippen MR) is 129 cm³/mol. The third-order valence-electron chi connectivity index (χ3n) is 5.75. The van der Waals surface area contributed by atoms with E-state index in [0.717, 1.165) is 17.7 Å². The molecule has 0 bridgehead atoms. The van der Waals surface area contributed by atoms with Gasteiger partial charge in [0.25, 0.3) is 11.8 Å². The van der Waals surface area contributed by atoms with Crippen LogP contribution in [0, 0.1) is 10.1 Å². The van der Waals surface area contributed by atoms with E-state index in [-0.39, 0.29) is 28.7 Å². The Kier molecular flexibility index (Phi) is 6.54. The molecule has 35 heavy (non-hydrogen) atoms. The number of ether oxygens (including phenoxy) is 3. The Bertz CT molecular complexity index is 1310. The molecule has 1 heterocycles. The Labute approximate surface area is 201 Å². The maximum atomic E-state index is 13.0. The molecule has 1 N–H and O–H groups in total. The Balaban J connectivity index is 1.58. The Morgan fingerprint density at radius 2 is 1.66 bits per heavy atom. The number of hydrogen-bond acceptors (Lipinski definition) is 7. The topological polar surface area (TPSA) is 120 Å². The molecule has 2 amide bonds. The van der Waals surface area contributed by atoms with Crippen molar-refractivity contribution in [2.45, 2.75) is 6.42 Å². The smallest absolute Gasteiger partial charge is 0.327 e. The minimum absolute atomic E-state index is 0.00426. The van der Waals surface area contributed by atoms with E-state index >= 15 is 0 Å². The van der Waals surface area contributed by atoms with Crippen LogP contribution in [0.25, 0.3) is 0 Å². The Morgan fingerprint density at radius 1 is 0.971 bits per heavy atom. The van der Waals surface area contributed by atoms with E-state index in [0.29, 0.717) is 17.8 Å². The molecule has 10 heteroatoms. The maximum Gasteiger partial charge on any atom is 0.327 e. The number of anilines is 2. The number of nitrogens with zero attached hydrogens (tertiary/aromatic N) is 2. The number of para-hydroxylation sites is 1. The molecule has 0 aromatic heterocycles. The van der Waals surface area contributed by atoms with Crippen LogP contribution < -0.4 is 24.4 Å². The summed E-state index contributed by atoms with van der Waals surface area (Å²) in [6, 6.07) is 15.3. The van der Waals surface area contributed by atoms with Crippen molar-refractivity contribution in [2.24, 2.45) is 0 Å². The highest BCUT2D eigenvalue weighted by Gasteiger charge is 2.32. The summed E-state index contributed by atoms with van der Waals surface area (Å²) in [6.07, 6.45) is 0.795. The highest BCUT2D eigenvalue weighted by molar-refractivity contribution is 6.10. The number of amides is 2. The zero-order valence-electron chi connectivity index (χ0n) is 19.4. The number of nitro groups is 1. The summed E-state index contributed by atoms with van der Waals surface area (Å²) >= 11 is 0. The lowest BCUT2D eigenvalue weighted by molar-refractivity contribution is -0.386. The summed E-state index contributed by atoms with van der Waals surface area (Å²) < 4.78 is 15.6. The molecule has 3 aromatic rings. The fourth-order valence-corrected chi connectivity index (χ4v) is 4.09. The molecule has 4 rings (SSSR count). The first-order valence-corrected chi connectivity index (χ1v) is 10.7. The van der Waals surface area contributed by atoms with Gasteiger partial charge in [-0.1, -0.05) is 18.2 Å². The van der Waals surface area contributed by atoms with Crippen LogP contribution >= 0.6 is 0 Å². The predicted octanol–water partition coefficient (Wildman–Crippen LogP) is 4.08. The van der Waals surface area contributed by atoms with Crippen molar-refractivity contribution in [1.82, 2.24) is 0 Å². The summed E-state index contributed by atoms with van der Waals surface area (Å²) in [5, 5.41) is 14.4. The van der Waals surface area contributed by atoms with Crippen LogP contribution in [0.5, 0.6) is 17.2 Å². The number of nitro benzene ring substituents is 1. The minimum Gasteiger partial charge on any atom is -0.493 e. The summed E-state index contributed by atoms with van der Waals surface area (Å²) in [5.41, 5.74) is 2.01. The van der Waals surface area contributed by atoms with E-state index in [1.807, 2.05) is 24.3 Å². The van der Waals surface area contributed by atoms with Gasteiger partial charge in [-0.2, -0.15) is 0 Å². The lowest BCUT2D eigenvalue weighted by Gasteiger charge is -2.17. The van der Waals surface area contributed by atoms with Gasteiger partial charge in [-0.25, -0.2) is 0 Å². The number of rotatable bonds is 7. The quantitative estimate of drug-likeness (QED) is 0.402. The number of fused-ring (bicyclic) bond motifs is 1. The molecule has 0 fully saturated rings. The molecule has 0 spiro atoms. The molecule has 0 atom stereocenters. The first-order valence-electron chi connectivity index (χ1n) is 10.7. The van der Waals surface area contributed by atoms with Gasteiger partial charge < -0.3 is 24.4 Å². The zero-order valence-corrected chi connectivity index (χ0v) is 19.4. The SMILES string of the molecule is COc1cc(C(=O)Nc2ccc(C(=O)N3CCc4ccccc43)cc2)c([N+](=O)[O-])c(OC)c1OC. The highest BCUT2D eigenvalue weighted by atomic mass is 16.6. The van der Waals surface area contributed by atoms with Gasteiger partial charge in [0.1, 0.15) is 5.56 Å². The van der Waals surface area contributed by atoms with Gasteiger partial charge in [-0.3, -0.25) is 19.7 Å². The summed E-state index contributed by atoms with van der Waals surface area (Å²) in [4.78, 5) is 38.8. The molecule has 0 radical (unpaired) electrons. The van der Waals surface area contributed by atoms with Crippen molar-refractivity contribution in [3.05, 3.63) is 81.4 Å².